The second-order valence-electron chi connectivity index (χ2n) is 8.19. The summed E-state index contributed by atoms with van der Waals surface area (Å²) >= 11 is 0. The lowest BCUT2D eigenvalue weighted by Crippen LogP contribution is -2.67. The molecule has 0 amide bonds. The van der Waals surface area contributed by atoms with Crippen LogP contribution < -0.4 is 0 Å². The molecule has 3 aliphatic rings. The van der Waals surface area contributed by atoms with Crippen LogP contribution >= 0.6 is 0 Å². The highest BCUT2D eigenvalue weighted by Gasteiger charge is 2.70. The molecule has 27 heavy (non-hydrogen) atoms. The van der Waals surface area contributed by atoms with Gasteiger partial charge < -0.3 is 29.6 Å². The van der Waals surface area contributed by atoms with Crippen molar-refractivity contribution in [3.63, 3.8) is 0 Å². The molecule has 1 aromatic heterocycles. The predicted octanol–water partition coefficient (Wildman–Crippen LogP) is 1.50. The van der Waals surface area contributed by atoms with Crippen LogP contribution in [0.3, 0.4) is 0 Å². The van der Waals surface area contributed by atoms with Gasteiger partial charge in [0, 0.05) is 16.9 Å². The molecule has 1 aliphatic heterocycles. The van der Waals surface area contributed by atoms with Crippen molar-refractivity contribution in [2.24, 2.45) is 22.7 Å². The Morgan fingerprint density at radius 3 is 2.85 bits per heavy atom. The molecule has 0 aromatic carbocycles. The van der Waals surface area contributed by atoms with Crippen molar-refractivity contribution in [2.45, 2.75) is 44.5 Å². The molecule has 2 aliphatic carbocycles. The summed E-state index contributed by atoms with van der Waals surface area (Å²) < 4.78 is 10.9. The van der Waals surface area contributed by atoms with Gasteiger partial charge in [-0.1, -0.05) is 13.0 Å². The Labute approximate surface area is 157 Å². The zero-order chi connectivity index (χ0) is 19.4. The quantitative estimate of drug-likeness (QED) is 0.573. The van der Waals surface area contributed by atoms with Gasteiger partial charge in [-0.05, 0) is 36.8 Å². The summed E-state index contributed by atoms with van der Waals surface area (Å²) in [6.45, 7) is 1.72. The smallest absolute Gasteiger partial charge is 0.310 e. The fraction of sp³-hybridized carbons (Fsp3) is 0.650. The van der Waals surface area contributed by atoms with Crippen molar-refractivity contribution in [3.8, 4) is 0 Å². The van der Waals surface area contributed by atoms with Crippen molar-refractivity contribution in [2.75, 3.05) is 13.2 Å². The Kier molecular flexibility index (Phi) is 4.46. The number of allylic oxidation sites excluding steroid dienone is 1. The third-order valence-electron chi connectivity index (χ3n) is 7.37. The van der Waals surface area contributed by atoms with Crippen LogP contribution in [0.1, 0.15) is 37.9 Å². The fourth-order valence-electron chi connectivity index (χ4n) is 5.97. The Balaban J connectivity index is 1.84. The summed E-state index contributed by atoms with van der Waals surface area (Å²) in [5, 5.41) is 42.5. The molecule has 7 atom stereocenters. The molecule has 4 N–H and O–H groups in total. The van der Waals surface area contributed by atoms with E-state index in [9.17, 15) is 25.2 Å². The van der Waals surface area contributed by atoms with E-state index in [0.717, 1.165) is 5.57 Å². The molecule has 4 rings (SSSR count). The van der Waals surface area contributed by atoms with Crippen LogP contribution in [0.2, 0.25) is 0 Å². The molecule has 0 bridgehead atoms. The molecule has 2 unspecified atom stereocenters. The maximum absolute atomic E-state index is 12.7. The molecule has 7 nitrogen and oxygen atoms in total. The van der Waals surface area contributed by atoms with Crippen molar-refractivity contribution < 1.29 is 34.4 Å². The number of carboxylic acid groups (broad SMARTS) is 1. The molecule has 7 heteroatoms. The first-order chi connectivity index (χ1) is 12.9. The number of furan rings is 1. The van der Waals surface area contributed by atoms with E-state index in [-0.39, 0.29) is 13.0 Å². The Hall–Kier alpha value is -1.67. The normalized spacial score (nSPS) is 41.7. The highest BCUT2D eigenvalue weighted by molar-refractivity contribution is 5.77. The summed E-state index contributed by atoms with van der Waals surface area (Å²) in [4.78, 5) is 12.7. The molecule has 0 radical (unpaired) electrons. The van der Waals surface area contributed by atoms with Gasteiger partial charge in [-0.3, -0.25) is 4.79 Å². The molecular formula is C20H26O7. The lowest BCUT2D eigenvalue weighted by Gasteiger charge is -2.59. The van der Waals surface area contributed by atoms with E-state index in [1.165, 1.54) is 12.5 Å². The Morgan fingerprint density at radius 2 is 2.22 bits per heavy atom. The maximum Gasteiger partial charge on any atom is 0.310 e. The largest absolute Gasteiger partial charge is 0.481 e. The number of ether oxygens (including phenoxy) is 1. The Morgan fingerprint density at radius 1 is 1.44 bits per heavy atom. The average molecular weight is 378 g/mol. The van der Waals surface area contributed by atoms with Gasteiger partial charge in [0.15, 0.2) is 0 Å². The highest BCUT2D eigenvalue weighted by Crippen LogP contribution is 2.65. The van der Waals surface area contributed by atoms with Gasteiger partial charge in [0.2, 0.25) is 0 Å². The number of carboxylic acids is 1. The van der Waals surface area contributed by atoms with Crippen molar-refractivity contribution >= 4 is 5.97 Å². The van der Waals surface area contributed by atoms with Gasteiger partial charge in [-0.25, -0.2) is 0 Å². The second kappa shape index (κ2) is 6.44. The minimum Gasteiger partial charge on any atom is -0.481 e. The molecule has 2 fully saturated rings. The van der Waals surface area contributed by atoms with E-state index in [1.807, 2.05) is 6.08 Å². The lowest BCUT2D eigenvalue weighted by atomic mass is 9.44. The van der Waals surface area contributed by atoms with Gasteiger partial charge in [0.25, 0.3) is 0 Å². The number of rotatable bonds is 5. The summed E-state index contributed by atoms with van der Waals surface area (Å²) in [6.07, 6.45) is 3.31. The summed E-state index contributed by atoms with van der Waals surface area (Å²) in [7, 11) is 0. The maximum atomic E-state index is 12.7. The van der Waals surface area contributed by atoms with E-state index in [0.29, 0.717) is 25.0 Å². The number of aliphatic carboxylic acids is 1. The first-order valence-electron chi connectivity index (χ1n) is 9.43. The van der Waals surface area contributed by atoms with Crippen molar-refractivity contribution in [1.82, 2.24) is 0 Å². The number of hydrogen-bond donors (Lipinski definition) is 4. The third kappa shape index (κ3) is 2.32. The molecule has 2 heterocycles. The number of aliphatic hydroxyl groups is 3. The van der Waals surface area contributed by atoms with Gasteiger partial charge in [-0.2, -0.15) is 0 Å². The van der Waals surface area contributed by atoms with E-state index >= 15 is 0 Å². The number of carbonyl (C=O) groups is 1. The molecule has 0 spiro atoms. The minimum atomic E-state index is -1.40. The summed E-state index contributed by atoms with van der Waals surface area (Å²) in [5.41, 5.74) is -0.936. The van der Waals surface area contributed by atoms with Crippen LogP contribution in [0.15, 0.2) is 34.7 Å². The minimum absolute atomic E-state index is 0.0630. The monoisotopic (exact) mass is 378 g/mol. The first-order valence-corrected chi connectivity index (χ1v) is 9.43. The van der Waals surface area contributed by atoms with Crippen LogP contribution in [0.25, 0.3) is 0 Å². The van der Waals surface area contributed by atoms with Crippen LogP contribution in [0.4, 0.5) is 0 Å². The topological polar surface area (TPSA) is 120 Å². The fourth-order valence-corrected chi connectivity index (χ4v) is 5.97. The second-order valence-corrected chi connectivity index (χ2v) is 8.19. The standard InChI is InChI=1S/C20H26O7/c1-11-16(23)17-20(10-21)13(9-27-17)3-2-4-15(20)19(11,18(24)25)7-14(22)12-5-6-26-8-12/h3,5-6,8,11,14-17,21-23H,2,4,7,9-10H2,1H3,(H,24,25)/t11-,14?,15-,16-,17?,19-,20+/m1/s1. The zero-order valence-corrected chi connectivity index (χ0v) is 15.2. The van der Waals surface area contributed by atoms with E-state index < -0.39 is 46.9 Å². The van der Waals surface area contributed by atoms with Gasteiger partial charge >= 0.3 is 5.97 Å². The van der Waals surface area contributed by atoms with Crippen molar-refractivity contribution in [1.29, 1.82) is 0 Å². The van der Waals surface area contributed by atoms with Crippen LogP contribution in [-0.4, -0.2) is 51.8 Å². The molecular weight excluding hydrogens is 352 g/mol. The van der Waals surface area contributed by atoms with Gasteiger partial charge in [-0.15, -0.1) is 0 Å². The summed E-state index contributed by atoms with van der Waals surface area (Å²) in [6, 6.07) is 1.61. The molecule has 1 saturated carbocycles. The molecule has 148 valence electrons. The molecule has 1 aromatic rings. The number of aliphatic hydroxyl groups excluding tert-OH is 3. The van der Waals surface area contributed by atoms with Crippen LogP contribution in [-0.2, 0) is 9.53 Å². The zero-order valence-electron chi connectivity index (χ0n) is 15.2. The number of hydrogen-bond acceptors (Lipinski definition) is 6. The van der Waals surface area contributed by atoms with E-state index in [2.05, 4.69) is 0 Å². The van der Waals surface area contributed by atoms with Crippen LogP contribution in [0, 0.1) is 22.7 Å². The van der Waals surface area contributed by atoms with E-state index in [4.69, 9.17) is 9.15 Å². The van der Waals surface area contributed by atoms with E-state index in [1.54, 1.807) is 13.0 Å². The molecule has 1 saturated heterocycles. The Bertz CT molecular complexity index is 742. The SMILES string of the molecule is C[C@@H]1[C@@H](O)C2OCC3=CCC[C@H]([C@]1(CC(O)c1ccoc1)C(=O)O)[C@]32CO. The van der Waals surface area contributed by atoms with Gasteiger partial charge in [0.05, 0.1) is 49.5 Å². The third-order valence-corrected chi connectivity index (χ3v) is 7.37. The lowest BCUT2D eigenvalue weighted by molar-refractivity contribution is -0.217. The highest BCUT2D eigenvalue weighted by atomic mass is 16.5. The van der Waals surface area contributed by atoms with Crippen molar-refractivity contribution in [3.05, 3.63) is 35.8 Å². The predicted molar refractivity (Wildman–Crippen MR) is 93.6 cm³/mol. The average Bonchev–Trinajstić information content (AvgIpc) is 3.31. The van der Waals surface area contributed by atoms with Crippen LogP contribution in [0.5, 0.6) is 0 Å². The van der Waals surface area contributed by atoms with Gasteiger partial charge in [0.1, 0.15) is 0 Å². The summed E-state index contributed by atoms with van der Waals surface area (Å²) in [5.74, 6) is -2.15. The first kappa shape index (κ1) is 18.7.